The van der Waals surface area contributed by atoms with Crippen molar-refractivity contribution in [2.45, 2.75) is 66.2 Å². The Hall–Kier alpha value is -2.67. The molecule has 0 spiro atoms. The van der Waals surface area contributed by atoms with Gasteiger partial charge >= 0.3 is 5.69 Å². The quantitative estimate of drug-likeness (QED) is 0.314. The Morgan fingerprint density at radius 1 is 1.09 bits per heavy atom. The number of hydrogen-bond acceptors (Lipinski definition) is 9. The van der Waals surface area contributed by atoms with Crippen LogP contribution in [0.2, 0.25) is 0 Å². The van der Waals surface area contributed by atoms with Gasteiger partial charge in [-0.05, 0) is 59.2 Å². The fourth-order valence-corrected chi connectivity index (χ4v) is 11.6. The van der Waals surface area contributed by atoms with Gasteiger partial charge in [0.2, 0.25) is 5.91 Å². The number of aromatic nitrogens is 2. The second-order valence-corrected chi connectivity index (χ2v) is 16.2. The Morgan fingerprint density at radius 2 is 1.77 bits per heavy atom. The highest BCUT2D eigenvalue weighted by Gasteiger charge is 2.54. The van der Waals surface area contributed by atoms with Crippen LogP contribution in [0.25, 0.3) is 0 Å². The van der Waals surface area contributed by atoms with Crippen molar-refractivity contribution in [1.82, 2.24) is 14.2 Å². The van der Waals surface area contributed by atoms with E-state index >= 15 is 0 Å². The lowest BCUT2D eigenvalue weighted by Crippen LogP contribution is -2.39. The normalized spacial score (nSPS) is 29.0. The highest BCUT2D eigenvalue weighted by Crippen LogP contribution is 2.65. The van der Waals surface area contributed by atoms with Crippen molar-refractivity contribution < 1.29 is 28.4 Å². The number of aliphatic hydroxyl groups excluding tert-OH is 1. The third kappa shape index (κ3) is 6.10. The van der Waals surface area contributed by atoms with E-state index in [1.54, 1.807) is 0 Å². The summed E-state index contributed by atoms with van der Waals surface area (Å²) >= 11 is 0. The maximum absolute atomic E-state index is 12.9. The fourth-order valence-electron chi connectivity index (χ4n) is 6.35. The molecule has 4 heterocycles. The van der Waals surface area contributed by atoms with Crippen LogP contribution in [0, 0.1) is 0 Å². The molecule has 1 aromatic heterocycles. The molecular weight excluding hydrogens is 603 g/mol. The second-order valence-electron chi connectivity index (χ2n) is 11.3. The number of ether oxygens (including phenoxy) is 2. The van der Waals surface area contributed by atoms with Crippen molar-refractivity contribution in [1.29, 1.82) is 0 Å². The first-order valence-corrected chi connectivity index (χ1v) is 18.1. The number of benzene rings is 2. The van der Waals surface area contributed by atoms with Gasteiger partial charge < -0.3 is 28.9 Å². The maximum atomic E-state index is 12.9. The zero-order chi connectivity index (χ0) is 30.8. The number of fused-ring (bicyclic) bond motifs is 1. The minimum Gasteiger partial charge on any atom is -0.394 e. The number of hydrogen-bond donors (Lipinski definition) is 2. The Kier molecular flexibility index (Phi) is 9.51. The van der Waals surface area contributed by atoms with E-state index in [4.69, 9.17) is 18.5 Å². The highest BCUT2D eigenvalue weighted by atomic mass is 32.3. The summed E-state index contributed by atoms with van der Waals surface area (Å²) in [7, 11) is -1.37. The van der Waals surface area contributed by atoms with Gasteiger partial charge in [-0.1, -0.05) is 36.4 Å². The minimum atomic E-state index is -1.48. The van der Waals surface area contributed by atoms with E-state index in [0.717, 1.165) is 25.1 Å². The van der Waals surface area contributed by atoms with Crippen LogP contribution in [0.3, 0.4) is 0 Å². The molecule has 0 saturated carbocycles. The first-order valence-electron chi connectivity index (χ1n) is 14.7. The molecule has 0 bridgehead atoms. The Bertz CT molecular complexity index is 1460. The van der Waals surface area contributed by atoms with Crippen LogP contribution in [-0.2, 0) is 23.3 Å². The number of anilines is 1. The van der Waals surface area contributed by atoms with Crippen LogP contribution in [-0.4, -0.2) is 88.0 Å². The van der Waals surface area contributed by atoms with Gasteiger partial charge in [-0.2, -0.15) is 15.0 Å². The molecular formula is C31H39N4O7PS. The number of amides is 1. The lowest BCUT2D eigenvalue weighted by atomic mass is 10.1. The zero-order valence-corrected chi connectivity index (χ0v) is 26.7. The molecule has 3 aliphatic heterocycles. The summed E-state index contributed by atoms with van der Waals surface area (Å²) in [5.74, 6) is 0.668. The topological polar surface area (TPSA) is 124 Å². The number of carbonyl (C=O) groups excluding carboxylic acids is 1. The zero-order valence-electron chi connectivity index (χ0n) is 25.0. The third-order valence-corrected chi connectivity index (χ3v) is 13.9. The SMILES string of the molecule is CO[C@H]1C(O[P@@]2O[C@H](CS(C)(c3ccccc3)c3ccccc3)[C@@H]3CCCN32)[C@@H](CO)O[C@H]1n1ccc(NC(C)=O)nc1=O. The lowest BCUT2D eigenvalue weighted by Gasteiger charge is -2.39. The predicted octanol–water partition coefficient (Wildman–Crippen LogP) is 4.13. The molecule has 236 valence electrons. The summed E-state index contributed by atoms with van der Waals surface area (Å²) in [4.78, 5) is 30.9. The molecule has 7 atom stereocenters. The van der Waals surface area contributed by atoms with E-state index in [9.17, 15) is 14.7 Å². The van der Waals surface area contributed by atoms with Gasteiger partial charge in [0.25, 0.3) is 8.53 Å². The minimum absolute atomic E-state index is 0.0381. The van der Waals surface area contributed by atoms with E-state index in [0.29, 0.717) is 0 Å². The second kappa shape index (κ2) is 13.4. The van der Waals surface area contributed by atoms with Crippen molar-refractivity contribution in [3.05, 3.63) is 83.4 Å². The molecule has 3 saturated heterocycles. The van der Waals surface area contributed by atoms with Crippen molar-refractivity contribution in [2.24, 2.45) is 0 Å². The van der Waals surface area contributed by atoms with Crippen LogP contribution in [0.1, 0.15) is 26.0 Å². The summed E-state index contributed by atoms with van der Waals surface area (Å²) in [5, 5.41) is 12.8. The molecule has 1 amide bonds. The van der Waals surface area contributed by atoms with Crippen molar-refractivity contribution in [3.8, 4) is 0 Å². The van der Waals surface area contributed by atoms with Gasteiger partial charge in [0.15, 0.2) is 6.23 Å². The highest BCUT2D eigenvalue weighted by molar-refractivity contribution is 8.33. The lowest BCUT2D eigenvalue weighted by molar-refractivity contribution is -0.114. The monoisotopic (exact) mass is 642 g/mol. The van der Waals surface area contributed by atoms with E-state index < -0.39 is 48.8 Å². The Morgan fingerprint density at radius 3 is 2.36 bits per heavy atom. The van der Waals surface area contributed by atoms with Crippen molar-refractivity contribution >= 4 is 30.3 Å². The van der Waals surface area contributed by atoms with Crippen molar-refractivity contribution in [2.75, 3.05) is 37.6 Å². The number of aliphatic hydroxyl groups is 1. The van der Waals surface area contributed by atoms with Gasteiger partial charge in [-0.25, -0.2) is 9.46 Å². The Labute approximate surface area is 259 Å². The average molecular weight is 643 g/mol. The number of carbonyl (C=O) groups is 1. The van der Waals surface area contributed by atoms with E-state index in [1.165, 1.54) is 40.7 Å². The fraction of sp³-hybridized carbons (Fsp3) is 0.452. The van der Waals surface area contributed by atoms with Gasteiger partial charge in [0.05, 0.1) is 12.7 Å². The first-order chi connectivity index (χ1) is 21.3. The summed E-state index contributed by atoms with van der Waals surface area (Å²) < 4.78 is 29.1. The molecule has 3 fully saturated rings. The van der Waals surface area contributed by atoms with E-state index in [-0.39, 0.29) is 30.5 Å². The molecule has 0 aliphatic carbocycles. The number of nitrogens with zero attached hydrogens (tertiary/aromatic N) is 3. The van der Waals surface area contributed by atoms with Crippen LogP contribution in [0.15, 0.2) is 87.5 Å². The summed E-state index contributed by atoms with van der Waals surface area (Å²) in [6.45, 7) is 1.88. The molecule has 0 radical (unpaired) electrons. The first kappa shape index (κ1) is 31.3. The van der Waals surface area contributed by atoms with Gasteiger partial charge in [-0.3, -0.25) is 9.36 Å². The van der Waals surface area contributed by atoms with Crippen LogP contribution in [0.5, 0.6) is 0 Å². The molecule has 44 heavy (non-hydrogen) atoms. The molecule has 1 unspecified atom stereocenters. The van der Waals surface area contributed by atoms with Crippen molar-refractivity contribution in [3.63, 3.8) is 0 Å². The number of methoxy groups -OCH3 is 1. The van der Waals surface area contributed by atoms with Crippen LogP contribution >= 0.6 is 18.6 Å². The molecule has 2 aromatic carbocycles. The summed E-state index contributed by atoms with van der Waals surface area (Å²) in [6, 6.07) is 23.1. The average Bonchev–Trinajstić information content (AvgIpc) is 3.73. The summed E-state index contributed by atoms with van der Waals surface area (Å²) in [5.41, 5.74) is -0.618. The standard InChI is InChI=1S/C31H39N4O7PS/c1-21(37)32-27-16-18-34(31(38)33-27)30-29(39-2)28(25(19-36)40-30)42-43-35-17-10-15-24(35)26(41-43)20-44(3,22-11-6-4-7-12-22)23-13-8-5-9-14-23/h4-9,11-14,16,18,24-26,28-30,36H,10,15,17,19-20H2,1-3H3,(H,32,33,37,38)/t24-,25+,26+,28?,29-,30+,43+/m0/s1. The van der Waals surface area contributed by atoms with E-state index in [1.807, 2.05) is 0 Å². The molecule has 3 aromatic rings. The van der Waals surface area contributed by atoms with Crippen LogP contribution < -0.4 is 11.0 Å². The number of nitrogens with one attached hydrogen (secondary N) is 1. The summed E-state index contributed by atoms with van der Waals surface area (Å²) in [6.07, 6.45) is 2.86. The molecule has 11 nitrogen and oxygen atoms in total. The predicted molar refractivity (Wildman–Crippen MR) is 169 cm³/mol. The van der Waals surface area contributed by atoms with Gasteiger partial charge in [-0.15, -0.1) is 0 Å². The molecule has 3 aliphatic rings. The largest absolute Gasteiger partial charge is 0.394 e. The molecule has 6 rings (SSSR count). The van der Waals surface area contributed by atoms with Gasteiger partial charge in [0.1, 0.15) is 24.1 Å². The molecule has 2 N–H and O–H groups in total. The van der Waals surface area contributed by atoms with Gasteiger partial charge in [0, 0.05) is 38.6 Å². The molecule has 13 heteroatoms. The number of rotatable bonds is 10. The Balaban J connectivity index is 1.24. The van der Waals surface area contributed by atoms with Crippen LogP contribution in [0.4, 0.5) is 5.82 Å². The third-order valence-electron chi connectivity index (χ3n) is 8.52. The smallest absolute Gasteiger partial charge is 0.351 e. The van der Waals surface area contributed by atoms with E-state index in [2.05, 4.69) is 81.9 Å². The maximum Gasteiger partial charge on any atom is 0.351 e.